The number of nitrogens with zero attached hydrogens (tertiary/aromatic N) is 1. The Hall–Kier alpha value is -8.00. The van der Waals surface area contributed by atoms with Gasteiger partial charge in [0.25, 0.3) is 0 Å². The fourth-order valence-electron chi connectivity index (χ4n) is 13.1. The summed E-state index contributed by atoms with van der Waals surface area (Å²) in [6.07, 6.45) is 0. The summed E-state index contributed by atoms with van der Waals surface area (Å²) in [5, 5.41) is 2.55. The molecule has 0 bridgehead atoms. The molecule has 4 aliphatic carbocycles. The standard InChI is InChI=1S/C63H39N/c1-38-28-30-46-44-20-8-12-24-50(44)62(52(46)32-38)54-33-41(39-16-4-2-5-17-39)35-56-60(54)61-55(62)34-42(40-18-6-3-7-19-40)36-57(61)63(56)51-25-13-9-21-45(51)47-31-29-43(37-53(47)63)64-58-26-14-10-22-48(58)49-23-11-15-27-59(49)64/h2-37H,1H3. The number of para-hydroxylation sites is 2. The number of aryl methyl sites for hydroxylation is 1. The van der Waals surface area contributed by atoms with Crippen LogP contribution in [-0.2, 0) is 10.8 Å². The number of benzene rings is 10. The maximum atomic E-state index is 2.58. The average Bonchev–Trinajstić information content (AvgIpc) is 4.11. The van der Waals surface area contributed by atoms with Crippen molar-refractivity contribution >= 4 is 21.8 Å². The molecule has 0 N–H and O–H groups in total. The molecule has 1 nitrogen and oxygen atoms in total. The van der Waals surface area contributed by atoms with Crippen molar-refractivity contribution in [3.63, 3.8) is 0 Å². The molecule has 0 aliphatic heterocycles. The first-order valence-corrected chi connectivity index (χ1v) is 22.6. The van der Waals surface area contributed by atoms with Crippen LogP contribution in [0.25, 0.3) is 83.1 Å². The zero-order valence-electron chi connectivity index (χ0n) is 35.2. The molecule has 15 rings (SSSR count). The third-order valence-electron chi connectivity index (χ3n) is 15.4. The van der Waals surface area contributed by atoms with Crippen molar-refractivity contribution < 1.29 is 0 Å². The second-order valence-electron chi connectivity index (χ2n) is 18.4. The first-order chi connectivity index (χ1) is 31.7. The summed E-state index contributed by atoms with van der Waals surface area (Å²) in [6.45, 7) is 2.26. The third-order valence-corrected chi connectivity index (χ3v) is 15.4. The molecule has 4 aliphatic rings. The van der Waals surface area contributed by atoms with Crippen LogP contribution in [0.5, 0.6) is 0 Å². The molecule has 1 aromatic heterocycles. The molecule has 0 unspecified atom stereocenters. The zero-order chi connectivity index (χ0) is 41.9. The van der Waals surface area contributed by atoms with E-state index in [2.05, 4.69) is 230 Å². The van der Waals surface area contributed by atoms with Crippen LogP contribution in [0.2, 0.25) is 0 Å². The van der Waals surface area contributed by atoms with Crippen molar-refractivity contribution in [3.8, 4) is 61.3 Å². The predicted octanol–water partition coefficient (Wildman–Crippen LogP) is 15.4. The van der Waals surface area contributed by atoms with Gasteiger partial charge >= 0.3 is 0 Å². The van der Waals surface area contributed by atoms with Gasteiger partial charge in [0.2, 0.25) is 0 Å². The van der Waals surface area contributed by atoms with Gasteiger partial charge in [-0.1, -0.05) is 175 Å². The van der Waals surface area contributed by atoms with Gasteiger partial charge in [0, 0.05) is 16.5 Å². The SMILES string of the molecule is Cc1ccc2c(c1)C1(c3ccccc3-2)c2cc(-c3ccccc3)cc3c2-c2c1cc(-c1ccccc1)cc2C31c2ccccc2-c2ccc(-n3c4ccccc4c4ccccc43)cc21. The zero-order valence-corrected chi connectivity index (χ0v) is 35.2. The van der Waals surface area contributed by atoms with Crippen molar-refractivity contribution in [1.82, 2.24) is 4.57 Å². The highest BCUT2D eigenvalue weighted by Gasteiger charge is 2.61. The van der Waals surface area contributed by atoms with E-state index in [0.717, 1.165) is 0 Å². The van der Waals surface area contributed by atoms with E-state index in [-0.39, 0.29) is 0 Å². The monoisotopic (exact) mass is 809 g/mol. The van der Waals surface area contributed by atoms with Crippen molar-refractivity contribution in [3.05, 3.63) is 268 Å². The molecule has 0 saturated carbocycles. The van der Waals surface area contributed by atoms with Crippen LogP contribution in [0, 0.1) is 6.92 Å². The Kier molecular flexibility index (Phi) is 6.55. The summed E-state index contributed by atoms with van der Waals surface area (Å²) in [5.74, 6) is 0. The molecule has 64 heavy (non-hydrogen) atoms. The van der Waals surface area contributed by atoms with E-state index in [1.807, 2.05) is 0 Å². The second-order valence-corrected chi connectivity index (χ2v) is 18.4. The fraction of sp³-hybridized carbons (Fsp3) is 0.0476. The Labute approximate surface area is 372 Å². The molecule has 1 heteroatoms. The van der Waals surface area contributed by atoms with E-state index in [0.29, 0.717) is 0 Å². The van der Waals surface area contributed by atoms with Gasteiger partial charge in [-0.15, -0.1) is 0 Å². The Morgan fingerprint density at radius 1 is 0.297 bits per heavy atom. The van der Waals surface area contributed by atoms with Gasteiger partial charge in [0.15, 0.2) is 0 Å². The highest BCUT2D eigenvalue weighted by atomic mass is 15.0. The van der Waals surface area contributed by atoms with Gasteiger partial charge < -0.3 is 4.57 Å². The first-order valence-electron chi connectivity index (χ1n) is 22.6. The third kappa shape index (κ3) is 4.03. The lowest BCUT2D eigenvalue weighted by atomic mass is 9.64. The van der Waals surface area contributed by atoms with Crippen molar-refractivity contribution in [1.29, 1.82) is 0 Å². The minimum absolute atomic E-state index is 0.505. The lowest BCUT2D eigenvalue weighted by Gasteiger charge is -2.37. The lowest BCUT2D eigenvalue weighted by molar-refractivity contribution is 0.756. The van der Waals surface area contributed by atoms with Gasteiger partial charge in [-0.05, 0) is 156 Å². The minimum Gasteiger partial charge on any atom is -0.309 e. The van der Waals surface area contributed by atoms with Crippen LogP contribution in [-0.4, -0.2) is 4.57 Å². The summed E-state index contributed by atoms with van der Waals surface area (Å²) in [4.78, 5) is 0. The molecule has 0 saturated heterocycles. The van der Waals surface area contributed by atoms with Crippen LogP contribution in [0.15, 0.2) is 218 Å². The predicted molar refractivity (Wildman–Crippen MR) is 264 cm³/mol. The molecule has 0 atom stereocenters. The Morgan fingerprint density at radius 3 is 1.22 bits per heavy atom. The summed E-state index contributed by atoms with van der Waals surface area (Å²) in [5.41, 5.74) is 27.9. The van der Waals surface area contributed by atoms with Gasteiger partial charge in [-0.2, -0.15) is 0 Å². The Bertz CT molecular complexity index is 3700. The fourth-order valence-corrected chi connectivity index (χ4v) is 13.1. The molecule has 296 valence electrons. The topological polar surface area (TPSA) is 4.93 Å². The van der Waals surface area contributed by atoms with Gasteiger partial charge in [-0.3, -0.25) is 0 Å². The van der Waals surface area contributed by atoms with Crippen LogP contribution in [0.3, 0.4) is 0 Å². The van der Waals surface area contributed by atoms with Gasteiger partial charge in [-0.25, -0.2) is 0 Å². The number of aromatic nitrogens is 1. The molecular weight excluding hydrogens is 771 g/mol. The number of fused-ring (bicyclic) bond motifs is 17. The summed E-state index contributed by atoms with van der Waals surface area (Å²) < 4.78 is 2.49. The Balaban J connectivity index is 1.14. The number of rotatable bonds is 3. The van der Waals surface area contributed by atoms with E-state index >= 15 is 0 Å². The van der Waals surface area contributed by atoms with E-state index in [1.54, 1.807) is 0 Å². The van der Waals surface area contributed by atoms with Crippen LogP contribution in [0.4, 0.5) is 0 Å². The first kappa shape index (κ1) is 34.6. The molecule has 2 spiro atoms. The van der Waals surface area contributed by atoms with Crippen molar-refractivity contribution in [2.45, 2.75) is 17.8 Å². The second kappa shape index (κ2) is 12.1. The summed E-state index contributed by atoms with van der Waals surface area (Å²) >= 11 is 0. The molecule has 0 amide bonds. The molecule has 11 aromatic rings. The van der Waals surface area contributed by atoms with E-state index in [9.17, 15) is 0 Å². The van der Waals surface area contributed by atoms with Crippen molar-refractivity contribution in [2.24, 2.45) is 0 Å². The van der Waals surface area contributed by atoms with E-state index < -0.39 is 10.8 Å². The molecule has 10 aromatic carbocycles. The van der Waals surface area contributed by atoms with Gasteiger partial charge in [0.1, 0.15) is 0 Å². The van der Waals surface area contributed by atoms with Crippen LogP contribution >= 0.6 is 0 Å². The maximum Gasteiger partial charge on any atom is 0.0726 e. The molecule has 1 heterocycles. The van der Waals surface area contributed by atoms with Crippen molar-refractivity contribution in [2.75, 3.05) is 0 Å². The minimum atomic E-state index is -0.584. The summed E-state index contributed by atoms with van der Waals surface area (Å²) in [6, 6.07) is 83.3. The summed E-state index contributed by atoms with van der Waals surface area (Å²) in [7, 11) is 0. The quantitative estimate of drug-likeness (QED) is 0.168. The Morgan fingerprint density at radius 2 is 0.703 bits per heavy atom. The van der Waals surface area contributed by atoms with Crippen LogP contribution < -0.4 is 0 Å². The largest absolute Gasteiger partial charge is 0.309 e. The molecule has 0 radical (unpaired) electrons. The maximum absolute atomic E-state index is 2.58. The highest BCUT2D eigenvalue weighted by Crippen LogP contribution is 2.73. The highest BCUT2D eigenvalue weighted by molar-refractivity contribution is 6.10. The van der Waals surface area contributed by atoms with E-state index in [4.69, 9.17) is 0 Å². The smallest absolute Gasteiger partial charge is 0.0726 e. The lowest BCUT2D eigenvalue weighted by Crippen LogP contribution is -2.31. The average molecular weight is 810 g/mol. The molecule has 0 fully saturated rings. The molecular formula is C63H39N. The number of hydrogen-bond donors (Lipinski definition) is 0. The number of hydrogen-bond acceptors (Lipinski definition) is 0. The normalized spacial score (nSPS) is 14.6. The van der Waals surface area contributed by atoms with Gasteiger partial charge in [0.05, 0.1) is 21.9 Å². The van der Waals surface area contributed by atoms with E-state index in [1.165, 1.54) is 133 Å². The van der Waals surface area contributed by atoms with Crippen LogP contribution in [0.1, 0.15) is 50.1 Å².